The molecule has 0 bridgehead atoms. The van der Waals surface area contributed by atoms with Crippen LogP contribution in [0.25, 0.3) is 0 Å². The van der Waals surface area contributed by atoms with E-state index < -0.39 is 0 Å². The second-order valence-corrected chi connectivity index (χ2v) is 3.52. The number of nitrogens with zero attached hydrogens (tertiary/aromatic N) is 2. The lowest BCUT2D eigenvalue weighted by atomic mass is 10.2. The van der Waals surface area contributed by atoms with Gasteiger partial charge in [-0.2, -0.15) is 0 Å². The first-order valence-corrected chi connectivity index (χ1v) is 4.98. The lowest BCUT2D eigenvalue weighted by Crippen LogP contribution is -2.19. The lowest BCUT2D eigenvalue weighted by Gasteiger charge is -2.16. The quantitative estimate of drug-likeness (QED) is 0.775. The molecule has 0 radical (unpaired) electrons. The second kappa shape index (κ2) is 4.48. The van der Waals surface area contributed by atoms with Gasteiger partial charge >= 0.3 is 0 Å². The van der Waals surface area contributed by atoms with E-state index in [9.17, 15) is 0 Å². The van der Waals surface area contributed by atoms with Gasteiger partial charge in [0.25, 0.3) is 0 Å². The first-order chi connectivity index (χ1) is 6.86. The van der Waals surface area contributed by atoms with Crippen molar-refractivity contribution in [1.29, 1.82) is 0 Å². The van der Waals surface area contributed by atoms with Crippen molar-refractivity contribution in [2.24, 2.45) is 0 Å². The fourth-order valence-electron chi connectivity index (χ4n) is 1.62. The predicted molar refractivity (Wildman–Crippen MR) is 52.8 cm³/mol. The van der Waals surface area contributed by atoms with E-state index in [0.29, 0.717) is 6.10 Å². The van der Waals surface area contributed by atoms with Crippen LogP contribution in [0.1, 0.15) is 25.1 Å². The first kappa shape index (κ1) is 9.55. The standard InChI is InChI=1S/C10H15N3O/c1-8(10-7-12-4-5-13-10)14-9-2-3-11-6-9/h4-5,7-9,11H,2-3,6H2,1H3/t8-,9-/m0/s1. The molecule has 1 aromatic rings. The third-order valence-electron chi connectivity index (χ3n) is 2.41. The zero-order chi connectivity index (χ0) is 9.80. The van der Waals surface area contributed by atoms with Crippen LogP contribution in [0, 0.1) is 0 Å². The summed E-state index contributed by atoms with van der Waals surface area (Å²) >= 11 is 0. The molecule has 0 saturated carbocycles. The maximum atomic E-state index is 5.83. The summed E-state index contributed by atoms with van der Waals surface area (Å²) in [4.78, 5) is 8.24. The van der Waals surface area contributed by atoms with Gasteiger partial charge in [0.2, 0.25) is 0 Å². The molecule has 0 aromatic carbocycles. The van der Waals surface area contributed by atoms with Crippen LogP contribution >= 0.6 is 0 Å². The largest absolute Gasteiger partial charge is 0.368 e. The van der Waals surface area contributed by atoms with Gasteiger partial charge in [-0.15, -0.1) is 0 Å². The van der Waals surface area contributed by atoms with Crippen LogP contribution in [0.2, 0.25) is 0 Å². The molecule has 14 heavy (non-hydrogen) atoms. The maximum Gasteiger partial charge on any atom is 0.0986 e. The molecule has 1 aliphatic heterocycles. The van der Waals surface area contributed by atoms with Gasteiger partial charge < -0.3 is 10.1 Å². The van der Waals surface area contributed by atoms with Crippen molar-refractivity contribution in [3.05, 3.63) is 24.3 Å². The number of hydrogen-bond acceptors (Lipinski definition) is 4. The van der Waals surface area contributed by atoms with Crippen LogP contribution in [0.4, 0.5) is 0 Å². The third-order valence-corrected chi connectivity index (χ3v) is 2.41. The normalized spacial score (nSPS) is 23.6. The lowest BCUT2D eigenvalue weighted by molar-refractivity contribution is 0.00582. The van der Waals surface area contributed by atoms with Crippen molar-refractivity contribution in [1.82, 2.24) is 15.3 Å². The average molecular weight is 193 g/mol. The van der Waals surface area contributed by atoms with Gasteiger partial charge in [0.05, 0.1) is 24.1 Å². The molecule has 1 aromatic heterocycles. The van der Waals surface area contributed by atoms with E-state index in [4.69, 9.17) is 4.74 Å². The summed E-state index contributed by atoms with van der Waals surface area (Å²) in [6.07, 6.45) is 6.58. The Bertz CT molecular complexity index is 272. The minimum atomic E-state index is 0.0357. The molecule has 76 valence electrons. The Morgan fingerprint density at radius 1 is 1.57 bits per heavy atom. The van der Waals surface area contributed by atoms with Gasteiger partial charge in [0, 0.05) is 18.9 Å². The van der Waals surface area contributed by atoms with Gasteiger partial charge in [-0.05, 0) is 19.9 Å². The van der Waals surface area contributed by atoms with Crippen LogP contribution in [0.5, 0.6) is 0 Å². The Hall–Kier alpha value is -1.00. The Kier molecular flexibility index (Phi) is 3.06. The van der Waals surface area contributed by atoms with E-state index in [2.05, 4.69) is 15.3 Å². The SMILES string of the molecule is C[C@H](O[C@H]1CCNC1)c1cnccn1. The molecule has 4 heteroatoms. The molecule has 0 spiro atoms. The molecule has 0 aliphatic carbocycles. The summed E-state index contributed by atoms with van der Waals surface area (Å²) in [6.45, 7) is 4.02. The third kappa shape index (κ3) is 2.27. The molecule has 2 rings (SSSR count). The first-order valence-electron chi connectivity index (χ1n) is 4.98. The topological polar surface area (TPSA) is 47.0 Å². The van der Waals surface area contributed by atoms with E-state index in [1.165, 1.54) is 0 Å². The number of aromatic nitrogens is 2. The molecule has 1 N–H and O–H groups in total. The fourth-order valence-corrected chi connectivity index (χ4v) is 1.62. The van der Waals surface area contributed by atoms with Crippen LogP contribution in [-0.4, -0.2) is 29.2 Å². The summed E-state index contributed by atoms with van der Waals surface area (Å²) in [7, 11) is 0. The van der Waals surface area contributed by atoms with Crippen molar-refractivity contribution in [2.75, 3.05) is 13.1 Å². The van der Waals surface area contributed by atoms with Gasteiger partial charge in [0.15, 0.2) is 0 Å². The minimum Gasteiger partial charge on any atom is -0.368 e. The van der Waals surface area contributed by atoms with Crippen molar-refractivity contribution in [3.63, 3.8) is 0 Å². The van der Waals surface area contributed by atoms with Crippen LogP contribution < -0.4 is 5.32 Å². The zero-order valence-corrected chi connectivity index (χ0v) is 8.31. The van der Waals surface area contributed by atoms with E-state index >= 15 is 0 Å². The molecule has 1 saturated heterocycles. The smallest absolute Gasteiger partial charge is 0.0986 e. The van der Waals surface area contributed by atoms with Crippen molar-refractivity contribution >= 4 is 0 Å². The second-order valence-electron chi connectivity index (χ2n) is 3.52. The molecule has 2 atom stereocenters. The number of nitrogens with one attached hydrogen (secondary N) is 1. The summed E-state index contributed by atoms with van der Waals surface area (Å²) < 4.78 is 5.83. The fraction of sp³-hybridized carbons (Fsp3) is 0.600. The Balaban J connectivity index is 1.92. The number of hydrogen-bond donors (Lipinski definition) is 1. The number of rotatable bonds is 3. The molecule has 0 unspecified atom stereocenters. The van der Waals surface area contributed by atoms with Crippen LogP contribution in [-0.2, 0) is 4.74 Å². The van der Waals surface area contributed by atoms with Gasteiger partial charge in [0.1, 0.15) is 0 Å². The monoisotopic (exact) mass is 193 g/mol. The Morgan fingerprint density at radius 3 is 3.14 bits per heavy atom. The molecule has 2 heterocycles. The highest BCUT2D eigenvalue weighted by molar-refractivity contribution is 4.98. The number of ether oxygens (including phenoxy) is 1. The molecule has 0 amide bonds. The van der Waals surface area contributed by atoms with E-state index in [1.807, 2.05) is 6.92 Å². The van der Waals surface area contributed by atoms with Gasteiger partial charge in [-0.25, -0.2) is 0 Å². The van der Waals surface area contributed by atoms with Crippen LogP contribution in [0.3, 0.4) is 0 Å². The van der Waals surface area contributed by atoms with Crippen molar-refractivity contribution in [3.8, 4) is 0 Å². The van der Waals surface area contributed by atoms with E-state index in [1.54, 1.807) is 18.6 Å². The highest BCUT2D eigenvalue weighted by Gasteiger charge is 2.18. The minimum absolute atomic E-state index is 0.0357. The molecular weight excluding hydrogens is 178 g/mol. The summed E-state index contributed by atoms with van der Waals surface area (Å²) in [5.74, 6) is 0. The van der Waals surface area contributed by atoms with Crippen molar-refractivity contribution < 1.29 is 4.74 Å². The molecule has 4 nitrogen and oxygen atoms in total. The zero-order valence-electron chi connectivity index (χ0n) is 8.31. The van der Waals surface area contributed by atoms with Crippen molar-refractivity contribution in [2.45, 2.75) is 25.6 Å². The highest BCUT2D eigenvalue weighted by atomic mass is 16.5. The summed E-state index contributed by atoms with van der Waals surface area (Å²) in [5, 5.41) is 3.27. The maximum absolute atomic E-state index is 5.83. The summed E-state index contributed by atoms with van der Waals surface area (Å²) in [5.41, 5.74) is 0.902. The van der Waals surface area contributed by atoms with Crippen LogP contribution in [0.15, 0.2) is 18.6 Å². The molecule has 1 fully saturated rings. The Morgan fingerprint density at radius 2 is 2.50 bits per heavy atom. The highest BCUT2D eigenvalue weighted by Crippen LogP contribution is 2.17. The Labute approximate surface area is 83.7 Å². The van der Waals surface area contributed by atoms with Gasteiger partial charge in [-0.1, -0.05) is 0 Å². The van der Waals surface area contributed by atoms with E-state index in [-0.39, 0.29) is 6.10 Å². The molecular formula is C10H15N3O. The predicted octanol–water partition coefficient (Wildman–Crippen LogP) is 0.916. The summed E-state index contributed by atoms with van der Waals surface area (Å²) in [6, 6.07) is 0. The average Bonchev–Trinajstić information content (AvgIpc) is 2.72. The van der Waals surface area contributed by atoms with Gasteiger partial charge in [-0.3, -0.25) is 9.97 Å². The van der Waals surface area contributed by atoms with E-state index in [0.717, 1.165) is 25.2 Å². The molecule has 1 aliphatic rings.